The Balaban J connectivity index is 1.64. The van der Waals surface area contributed by atoms with Crippen molar-refractivity contribution in [3.63, 3.8) is 0 Å². The average molecular weight is 491 g/mol. The monoisotopic (exact) mass is 489 g/mol. The number of rotatable bonds is 5. The van der Waals surface area contributed by atoms with Crippen molar-refractivity contribution < 1.29 is 9.21 Å². The van der Waals surface area contributed by atoms with Gasteiger partial charge in [0.25, 0.3) is 5.91 Å². The smallest absolute Gasteiger partial charge is 0.267 e. The third-order valence-corrected chi connectivity index (χ3v) is 6.30. The lowest BCUT2D eigenvalue weighted by Crippen LogP contribution is -2.29. The van der Waals surface area contributed by atoms with E-state index in [-0.39, 0.29) is 11.1 Å². The Bertz CT molecular complexity index is 1240. The van der Waals surface area contributed by atoms with Crippen molar-refractivity contribution in [2.24, 2.45) is 4.99 Å². The highest BCUT2D eigenvalue weighted by Gasteiger charge is 2.33. The van der Waals surface area contributed by atoms with Crippen molar-refractivity contribution in [2.75, 3.05) is 6.54 Å². The third kappa shape index (κ3) is 4.72. The molecule has 1 fully saturated rings. The Morgan fingerprint density at radius 1 is 1.16 bits per heavy atom. The first-order chi connectivity index (χ1) is 15.0. The van der Waals surface area contributed by atoms with Crippen molar-refractivity contribution in [1.82, 2.24) is 9.88 Å². The van der Waals surface area contributed by atoms with Gasteiger partial charge in [0.15, 0.2) is 10.3 Å². The molecule has 0 radical (unpaired) electrons. The van der Waals surface area contributed by atoms with Crippen molar-refractivity contribution >= 4 is 69.4 Å². The van der Waals surface area contributed by atoms with E-state index in [0.29, 0.717) is 43.9 Å². The third-order valence-electron chi connectivity index (χ3n) is 4.26. The molecule has 3 heterocycles. The zero-order chi connectivity index (χ0) is 22.0. The summed E-state index contributed by atoms with van der Waals surface area (Å²) in [5, 5.41) is 1.65. The molecule has 31 heavy (non-hydrogen) atoms. The number of furan rings is 1. The molecule has 0 N–H and O–H groups in total. The lowest BCUT2D eigenvalue weighted by molar-refractivity contribution is -0.121. The molecule has 9 heteroatoms. The SMILES string of the molecule is C=CCN1C(=O)/C(=C\c2ccc(-c3ccc(Cl)c(Cl)c3)o2)SC1=Nc1cccnc1Cl. The van der Waals surface area contributed by atoms with Gasteiger partial charge in [-0.25, -0.2) is 9.98 Å². The summed E-state index contributed by atoms with van der Waals surface area (Å²) in [6.45, 7) is 4.03. The Morgan fingerprint density at radius 3 is 2.74 bits per heavy atom. The molecule has 156 valence electrons. The molecule has 0 atom stereocenters. The number of amides is 1. The fourth-order valence-electron chi connectivity index (χ4n) is 2.81. The summed E-state index contributed by atoms with van der Waals surface area (Å²) < 4.78 is 5.89. The molecule has 4 rings (SSSR count). The molecular formula is C22H14Cl3N3O2S. The van der Waals surface area contributed by atoms with Gasteiger partial charge in [0.05, 0.1) is 15.0 Å². The van der Waals surface area contributed by atoms with Gasteiger partial charge in [-0.05, 0) is 54.2 Å². The summed E-state index contributed by atoms with van der Waals surface area (Å²) in [4.78, 5) is 23.5. The van der Waals surface area contributed by atoms with Crippen LogP contribution < -0.4 is 0 Å². The normalized spacial score (nSPS) is 16.5. The number of benzene rings is 1. The van der Waals surface area contributed by atoms with Crippen LogP contribution in [0.3, 0.4) is 0 Å². The van der Waals surface area contributed by atoms with E-state index in [0.717, 1.165) is 5.56 Å². The van der Waals surface area contributed by atoms with Gasteiger partial charge in [-0.1, -0.05) is 40.9 Å². The molecule has 0 bridgehead atoms. The average Bonchev–Trinajstić information content (AvgIpc) is 3.33. The minimum absolute atomic E-state index is 0.198. The molecule has 5 nitrogen and oxygen atoms in total. The Morgan fingerprint density at radius 2 is 2.00 bits per heavy atom. The van der Waals surface area contributed by atoms with E-state index in [1.807, 2.05) is 12.1 Å². The lowest BCUT2D eigenvalue weighted by atomic mass is 10.2. The van der Waals surface area contributed by atoms with Crippen molar-refractivity contribution in [3.8, 4) is 11.3 Å². The van der Waals surface area contributed by atoms with Gasteiger partial charge in [0.1, 0.15) is 17.2 Å². The van der Waals surface area contributed by atoms with Gasteiger partial charge in [0, 0.05) is 24.4 Å². The van der Waals surface area contributed by atoms with Crippen LogP contribution in [0.4, 0.5) is 5.69 Å². The van der Waals surface area contributed by atoms with Gasteiger partial charge < -0.3 is 4.42 Å². The van der Waals surface area contributed by atoms with Crippen LogP contribution in [0.2, 0.25) is 15.2 Å². The molecule has 1 aromatic carbocycles. The van der Waals surface area contributed by atoms with E-state index in [9.17, 15) is 4.79 Å². The van der Waals surface area contributed by atoms with Crippen LogP contribution in [0.25, 0.3) is 17.4 Å². The predicted molar refractivity (Wildman–Crippen MR) is 128 cm³/mol. The number of carbonyl (C=O) groups is 1. The van der Waals surface area contributed by atoms with Gasteiger partial charge in [-0.2, -0.15) is 0 Å². The number of nitrogens with zero attached hydrogens (tertiary/aromatic N) is 3. The van der Waals surface area contributed by atoms with Crippen LogP contribution >= 0.6 is 46.6 Å². The quantitative estimate of drug-likeness (QED) is 0.217. The highest BCUT2D eigenvalue weighted by molar-refractivity contribution is 8.18. The second kappa shape index (κ2) is 9.32. The zero-order valence-corrected chi connectivity index (χ0v) is 19.0. The van der Waals surface area contributed by atoms with E-state index in [2.05, 4.69) is 16.6 Å². The number of amidine groups is 1. The largest absolute Gasteiger partial charge is 0.457 e. The second-order valence-electron chi connectivity index (χ2n) is 6.35. The minimum atomic E-state index is -0.198. The molecule has 2 aromatic heterocycles. The Hall–Kier alpha value is -2.51. The van der Waals surface area contributed by atoms with Crippen LogP contribution in [0, 0.1) is 0 Å². The standard InChI is InChI=1S/C22H14Cl3N3O2S/c1-2-10-28-21(29)19(31-22(28)27-17-4-3-9-26-20(17)25)12-14-6-8-18(30-14)13-5-7-15(23)16(24)11-13/h2-9,11-12H,1,10H2/b19-12+,27-22?. The number of carbonyl (C=O) groups excluding carboxylic acids is 1. The van der Waals surface area contributed by atoms with Gasteiger partial charge in [-0.3, -0.25) is 9.69 Å². The minimum Gasteiger partial charge on any atom is -0.457 e. The van der Waals surface area contributed by atoms with Crippen molar-refractivity contribution in [3.05, 3.63) is 87.2 Å². The number of aliphatic imine (C=N–C) groups is 1. The molecule has 0 aliphatic carbocycles. The van der Waals surface area contributed by atoms with E-state index in [4.69, 9.17) is 39.2 Å². The van der Waals surface area contributed by atoms with E-state index >= 15 is 0 Å². The van der Waals surface area contributed by atoms with Gasteiger partial charge in [-0.15, -0.1) is 6.58 Å². The molecule has 1 aliphatic heterocycles. The molecule has 3 aromatic rings. The number of hydrogen-bond donors (Lipinski definition) is 0. The van der Waals surface area contributed by atoms with Crippen LogP contribution in [0.15, 0.2) is 75.6 Å². The van der Waals surface area contributed by atoms with Crippen LogP contribution in [-0.2, 0) is 4.79 Å². The summed E-state index contributed by atoms with van der Waals surface area (Å²) >= 11 is 19.4. The van der Waals surface area contributed by atoms with E-state index in [1.165, 1.54) is 16.7 Å². The fraction of sp³-hybridized carbons (Fsp3) is 0.0455. The van der Waals surface area contributed by atoms with Crippen LogP contribution in [0.1, 0.15) is 5.76 Å². The Kier molecular flexibility index (Phi) is 6.53. The first-order valence-electron chi connectivity index (χ1n) is 9.03. The first-order valence-corrected chi connectivity index (χ1v) is 11.0. The van der Waals surface area contributed by atoms with Crippen molar-refractivity contribution in [2.45, 2.75) is 0 Å². The maximum atomic E-state index is 12.9. The number of hydrogen-bond acceptors (Lipinski definition) is 5. The zero-order valence-electron chi connectivity index (χ0n) is 15.9. The van der Waals surface area contributed by atoms with Crippen LogP contribution in [0.5, 0.6) is 0 Å². The van der Waals surface area contributed by atoms with E-state index in [1.54, 1.807) is 48.7 Å². The maximum absolute atomic E-state index is 12.9. The summed E-state index contributed by atoms with van der Waals surface area (Å²) in [5.74, 6) is 0.937. The van der Waals surface area contributed by atoms with Crippen LogP contribution in [-0.4, -0.2) is 27.5 Å². The highest BCUT2D eigenvalue weighted by atomic mass is 35.5. The summed E-state index contributed by atoms with van der Waals surface area (Å²) in [6, 6.07) is 12.3. The lowest BCUT2D eigenvalue weighted by Gasteiger charge is -2.12. The summed E-state index contributed by atoms with van der Waals surface area (Å²) in [6.07, 6.45) is 4.89. The molecular weight excluding hydrogens is 477 g/mol. The molecule has 0 saturated carbocycles. The molecule has 0 unspecified atom stereocenters. The number of thioether (sulfide) groups is 1. The predicted octanol–water partition coefficient (Wildman–Crippen LogP) is 7.09. The first kappa shape index (κ1) is 21.7. The number of halogens is 3. The summed E-state index contributed by atoms with van der Waals surface area (Å²) in [5.41, 5.74) is 1.26. The fourth-order valence-corrected chi connectivity index (χ4v) is 4.25. The van der Waals surface area contributed by atoms with Gasteiger partial charge in [0.2, 0.25) is 0 Å². The topological polar surface area (TPSA) is 58.7 Å². The Labute approximate surface area is 198 Å². The molecule has 0 spiro atoms. The van der Waals surface area contributed by atoms with Crippen molar-refractivity contribution in [1.29, 1.82) is 0 Å². The highest BCUT2D eigenvalue weighted by Crippen LogP contribution is 2.36. The molecule has 1 amide bonds. The maximum Gasteiger partial charge on any atom is 0.267 e. The second-order valence-corrected chi connectivity index (χ2v) is 8.54. The molecule has 1 aliphatic rings. The number of pyridine rings is 1. The molecule has 1 saturated heterocycles. The van der Waals surface area contributed by atoms with E-state index < -0.39 is 0 Å². The number of aromatic nitrogens is 1. The van der Waals surface area contributed by atoms with Gasteiger partial charge >= 0.3 is 0 Å². The summed E-state index contributed by atoms with van der Waals surface area (Å²) in [7, 11) is 0.